The second-order valence-corrected chi connectivity index (χ2v) is 5.14. The molecule has 2 aromatic rings. The number of carboxylic acids is 1. The van der Waals surface area contributed by atoms with E-state index in [1.807, 2.05) is 6.07 Å². The van der Waals surface area contributed by atoms with Gasteiger partial charge < -0.3 is 5.11 Å². The molecule has 0 fully saturated rings. The van der Waals surface area contributed by atoms with E-state index in [2.05, 4.69) is 0 Å². The van der Waals surface area contributed by atoms with Gasteiger partial charge in [-0.1, -0.05) is 24.3 Å². The molecule has 1 aliphatic rings. The van der Waals surface area contributed by atoms with Crippen LogP contribution in [0.25, 0.3) is 0 Å². The number of hydrogen-bond donors (Lipinski definition) is 1. The van der Waals surface area contributed by atoms with Crippen molar-refractivity contribution in [2.24, 2.45) is 0 Å². The molecule has 0 saturated carbocycles. The Morgan fingerprint density at radius 3 is 2.41 bits per heavy atom. The van der Waals surface area contributed by atoms with Gasteiger partial charge in [0.05, 0.1) is 17.2 Å². The second kappa shape index (κ2) is 5.11. The van der Waals surface area contributed by atoms with Gasteiger partial charge in [0.25, 0.3) is 5.78 Å². The van der Waals surface area contributed by atoms with Crippen LogP contribution in [0, 0.1) is 0 Å². The minimum absolute atomic E-state index is 0.249. The molecule has 5 nitrogen and oxygen atoms in total. The monoisotopic (exact) mass is 295 g/mol. The summed E-state index contributed by atoms with van der Waals surface area (Å²) in [6.45, 7) is 1.54. The van der Waals surface area contributed by atoms with E-state index in [4.69, 9.17) is 5.11 Å². The van der Waals surface area contributed by atoms with Crippen LogP contribution < -0.4 is 4.90 Å². The van der Waals surface area contributed by atoms with E-state index < -0.39 is 23.6 Å². The first-order valence-electron chi connectivity index (χ1n) is 6.81. The minimum atomic E-state index is -0.975. The van der Waals surface area contributed by atoms with Crippen molar-refractivity contribution in [3.05, 3.63) is 59.7 Å². The highest BCUT2D eigenvalue weighted by atomic mass is 16.4. The van der Waals surface area contributed by atoms with E-state index >= 15 is 0 Å². The third kappa shape index (κ3) is 2.07. The van der Waals surface area contributed by atoms with Gasteiger partial charge in [0.15, 0.2) is 0 Å². The molecule has 2 aromatic carbocycles. The lowest BCUT2D eigenvalue weighted by Crippen LogP contribution is -2.24. The predicted octanol–water partition coefficient (Wildman–Crippen LogP) is 2.74. The van der Waals surface area contributed by atoms with Gasteiger partial charge in [0, 0.05) is 5.69 Å². The van der Waals surface area contributed by atoms with E-state index in [-0.39, 0.29) is 5.56 Å². The third-order valence-corrected chi connectivity index (χ3v) is 3.79. The number of Topliss-reactive ketones (excluding diaryl/α,β-unsaturated/α-hetero) is 1. The zero-order chi connectivity index (χ0) is 15.9. The van der Waals surface area contributed by atoms with Gasteiger partial charge in [-0.15, -0.1) is 0 Å². The number of ketones is 1. The summed E-state index contributed by atoms with van der Waals surface area (Å²) in [6.07, 6.45) is 0. The van der Waals surface area contributed by atoms with Crippen LogP contribution in [0.15, 0.2) is 48.5 Å². The van der Waals surface area contributed by atoms with Crippen molar-refractivity contribution in [3.63, 3.8) is 0 Å². The largest absolute Gasteiger partial charge is 0.481 e. The highest BCUT2D eigenvalue weighted by Gasteiger charge is 2.37. The minimum Gasteiger partial charge on any atom is -0.481 e. The van der Waals surface area contributed by atoms with Crippen molar-refractivity contribution >= 4 is 29.0 Å². The third-order valence-electron chi connectivity index (χ3n) is 3.79. The zero-order valence-electron chi connectivity index (χ0n) is 11.8. The Hall–Kier alpha value is -2.95. The number of carboxylic acid groups (broad SMARTS) is 1. The molecule has 22 heavy (non-hydrogen) atoms. The van der Waals surface area contributed by atoms with Crippen molar-refractivity contribution in [1.82, 2.24) is 0 Å². The highest BCUT2D eigenvalue weighted by molar-refractivity contribution is 6.53. The number of carbonyl (C=O) groups excluding carboxylic acids is 2. The van der Waals surface area contributed by atoms with Gasteiger partial charge in [-0.3, -0.25) is 19.3 Å². The molecule has 0 aliphatic carbocycles. The Bertz CT molecular complexity index is 783. The van der Waals surface area contributed by atoms with E-state index in [9.17, 15) is 14.4 Å². The number of anilines is 2. The molecular formula is C17H13NO4. The Morgan fingerprint density at radius 2 is 1.77 bits per heavy atom. The number of nitrogens with zero attached hydrogens (tertiary/aromatic N) is 1. The summed E-state index contributed by atoms with van der Waals surface area (Å²) < 4.78 is 0. The van der Waals surface area contributed by atoms with Crippen LogP contribution in [-0.4, -0.2) is 22.8 Å². The Balaban J connectivity index is 2.10. The summed E-state index contributed by atoms with van der Waals surface area (Å²) in [6, 6.07) is 13.6. The quantitative estimate of drug-likeness (QED) is 0.883. The van der Waals surface area contributed by atoms with Gasteiger partial charge in [0.1, 0.15) is 0 Å². The lowest BCUT2D eigenvalue weighted by Gasteiger charge is -2.17. The summed E-state index contributed by atoms with van der Waals surface area (Å²) in [5, 5.41) is 9.07. The molecule has 1 unspecified atom stereocenters. The van der Waals surface area contributed by atoms with Crippen LogP contribution in [-0.2, 0) is 9.59 Å². The average molecular weight is 295 g/mol. The maximum absolute atomic E-state index is 12.2. The fourth-order valence-electron chi connectivity index (χ4n) is 2.50. The molecule has 0 saturated heterocycles. The molecular weight excluding hydrogens is 282 g/mol. The van der Waals surface area contributed by atoms with Gasteiger partial charge in [-0.2, -0.15) is 0 Å². The topological polar surface area (TPSA) is 74.7 Å². The number of para-hydroxylation sites is 1. The predicted molar refractivity (Wildman–Crippen MR) is 80.4 cm³/mol. The van der Waals surface area contributed by atoms with Crippen molar-refractivity contribution in [1.29, 1.82) is 0 Å². The number of aliphatic carboxylic acids is 1. The molecule has 1 atom stereocenters. The van der Waals surface area contributed by atoms with Crippen LogP contribution in [0.3, 0.4) is 0 Å². The van der Waals surface area contributed by atoms with Gasteiger partial charge in [0.2, 0.25) is 0 Å². The maximum Gasteiger partial charge on any atom is 0.310 e. The van der Waals surface area contributed by atoms with E-state index in [0.717, 1.165) is 0 Å². The lowest BCUT2D eigenvalue weighted by atomic mass is 9.98. The second-order valence-electron chi connectivity index (χ2n) is 5.14. The molecule has 1 N–H and O–H groups in total. The summed E-state index contributed by atoms with van der Waals surface area (Å²) >= 11 is 0. The fourth-order valence-corrected chi connectivity index (χ4v) is 2.50. The normalized spacial score (nSPS) is 14.9. The summed E-state index contributed by atoms with van der Waals surface area (Å²) in [5.41, 5.74) is 1.85. The van der Waals surface area contributed by atoms with Gasteiger partial charge >= 0.3 is 11.9 Å². The Morgan fingerprint density at radius 1 is 1.09 bits per heavy atom. The lowest BCUT2D eigenvalue weighted by molar-refractivity contribution is -0.138. The van der Waals surface area contributed by atoms with E-state index in [1.165, 1.54) is 11.0 Å². The van der Waals surface area contributed by atoms with E-state index in [0.29, 0.717) is 16.9 Å². The van der Waals surface area contributed by atoms with E-state index in [1.54, 1.807) is 43.3 Å². The smallest absolute Gasteiger partial charge is 0.310 e. The Labute approximate surface area is 126 Å². The van der Waals surface area contributed by atoms with Crippen LogP contribution in [0.5, 0.6) is 0 Å². The molecule has 5 heteroatoms. The van der Waals surface area contributed by atoms with Crippen LogP contribution >= 0.6 is 0 Å². The number of rotatable bonds is 3. The SMILES string of the molecule is CC(C(=O)O)c1ccc2c(c1)C(=O)C(=O)N2c1ccccc1. The first-order chi connectivity index (χ1) is 10.5. The molecule has 0 bridgehead atoms. The number of fused-ring (bicyclic) bond motifs is 1. The summed E-state index contributed by atoms with van der Waals surface area (Å²) in [5.74, 6) is -2.95. The Kier molecular flexibility index (Phi) is 3.25. The van der Waals surface area contributed by atoms with Gasteiger partial charge in [-0.25, -0.2) is 0 Å². The molecule has 1 amide bonds. The average Bonchev–Trinajstić information content (AvgIpc) is 2.78. The molecule has 110 valence electrons. The molecule has 0 spiro atoms. The summed E-state index contributed by atoms with van der Waals surface area (Å²) in [7, 11) is 0. The summed E-state index contributed by atoms with van der Waals surface area (Å²) in [4.78, 5) is 36.8. The maximum atomic E-state index is 12.2. The van der Waals surface area contributed by atoms with Crippen molar-refractivity contribution in [2.75, 3.05) is 4.90 Å². The number of hydrogen-bond acceptors (Lipinski definition) is 3. The van der Waals surface area contributed by atoms with Crippen LogP contribution in [0.1, 0.15) is 28.8 Å². The zero-order valence-corrected chi connectivity index (χ0v) is 11.8. The van der Waals surface area contributed by atoms with Crippen molar-refractivity contribution in [3.8, 4) is 0 Å². The number of amides is 1. The van der Waals surface area contributed by atoms with Crippen LogP contribution in [0.4, 0.5) is 11.4 Å². The molecule has 1 aliphatic heterocycles. The standard InChI is InChI=1S/C17H13NO4/c1-10(17(21)22)11-7-8-14-13(9-11)15(19)16(20)18(14)12-5-3-2-4-6-12/h2-10H,1H3,(H,21,22). The van der Waals surface area contributed by atoms with Gasteiger partial charge in [-0.05, 0) is 36.8 Å². The molecule has 0 radical (unpaired) electrons. The fraction of sp³-hybridized carbons (Fsp3) is 0.118. The molecule has 3 rings (SSSR count). The first kappa shape index (κ1) is 14.0. The molecule has 0 aromatic heterocycles. The number of benzene rings is 2. The van der Waals surface area contributed by atoms with Crippen molar-refractivity contribution in [2.45, 2.75) is 12.8 Å². The highest BCUT2D eigenvalue weighted by Crippen LogP contribution is 2.36. The molecule has 1 heterocycles. The first-order valence-corrected chi connectivity index (χ1v) is 6.81. The van der Waals surface area contributed by atoms with Crippen LogP contribution in [0.2, 0.25) is 0 Å². The number of carbonyl (C=O) groups is 3. The van der Waals surface area contributed by atoms with Crippen molar-refractivity contribution < 1.29 is 19.5 Å².